The van der Waals surface area contributed by atoms with Crippen molar-refractivity contribution in [3.05, 3.63) is 6.92 Å². The number of rotatable bonds is 9. The molecule has 2 nitrogen and oxygen atoms in total. The highest BCUT2D eigenvalue weighted by molar-refractivity contribution is 4.59. The van der Waals surface area contributed by atoms with E-state index in [2.05, 4.69) is 6.92 Å². The Kier molecular flexibility index (Phi) is 9.94. The first-order chi connectivity index (χ1) is 6.35. The molecular weight excluding hydrogens is 164 g/mol. The van der Waals surface area contributed by atoms with Gasteiger partial charge < -0.3 is 9.47 Å². The average molecular weight is 187 g/mol. The molecule has 0 aliphatic heterocycles. The topological polar surface area (TPSA) is 18.5 Å². The Labute approximate surface area is 82.6 Å². The summed E-state index contributed by atoms with van der Waals surface area (Å²) in [6.07, 6.45) is 5.94. The summed E-state index contributed by atoms with van der Waals surface area (Å²) in [5, 5.41) is 0. The predicted octanol–water partition coefficient (Wildman–Crippen LogP) is 2.82. The van der Waals surface area contributed by atoms with Crippen LogP contribution in [0.3, 0.4) is 0 Å². The molecule has 0 aromatic carbocycles. The summed E-state index contributed by atoms with van der Waals surface area (Å²) in [5.41, 5.74) is 0. The minimum atomic E-state index is 0.416. The van der Waals surface area contributed by atoms with Crippen LogP contribution in [0.1, 0.15) is 39.0 Å². The van der Waals surface area contributed by atoms with Gasteiger partial charge >= 0.3 is 0 Å². The molecule has 0 aliphatic carbocycles. The summed E-state index contributed by atoms with van der Waals surface area (Å²) < 4.78 is 10.6. The molecule has 1 radical (unpaired) electrons. The molecule has 2 heteroatoms. The quantitative estimate of drug-likeness (QED) is 0.517. The predicted molar refractivity (Wildman–Crippen MR) is 55.7 cm³/mol. The Morgan fingerprint density at radius 3 is 2.54 bits per heavy atom. The smallest absolute Gasteiger partial charge is 0.0575 e. The molecule has 0 saturated heterocycles. The molecule has 13 heavy (non-hydrogen) atoms. The Balaban J connectivity index is 3.33. The third-order valence-corrected chi connectivity index (χ3v) is 2.05. The van der Waals surface area contributed by atoms with Crippen molar-refractivity contribution in [2.45, 2.75) is 45.1 Å². The van der Waals surface area contributed by atoms with Gasteiger partial charge in [-0.05, 0) is 32.6 Å². The summed E-state index contributed by atoms with van der Waals surface area (Å²) >= 11 is 0. The number of hydrogen-bond acceptors (Lipinski definition) is 2. The lowest BCUT2D eigenvalue weighted by atomic mass is 10.1. The minimum absolute atomic E-state index is 0.416. The Morgan fingerprint density at radius 2 is 2.00 bits per heavy atom. The van der Waals surface area contributed by atoms with E-state index in [1.165, 1.54) is 6.42 Å². The molecular formula is C11H23O2. The van der Waals surface area contributed by atoms with Gasteiger partial charge in [-0.3, -0.25) is 0 Å². The Morgan fingerprint density at radius 1 is 1.23 bits per heavy atom. The van der Waals surface area contributed by atoms with E-state index in [0.29, 0.717) is 6.10 Å². The van der Waals surface area contributed by atoms with Crippen molar-refractivity contribution in [1.29, 1.82) is 0 Å². The monoisotopic (exact) mass is 187 g/mol. The second kappa shape index (κ2) is 10.0. The van der Waals surface area contributed by atoms with Crippen LogP contribution >= 0.6 is 0 Å². The van der Waals surface area contributed by atoms with Crippen molar-refractivity contribution < 1.29 is 9.47 Å². The van der Waals surface area contributed by atoms with Crippen molar-refractivity contribution in [1.82, 2.24) is 0 Å². The van der Waals surface area contributed by atoms with Crippen molar-refractivity contribution in [3.8, 4) is 0 Å². The van der Waals surface area contributed by atoms with Crippen LogP contribution in [-0.2, 0) is 9.47 Å². The molecule has 1 atom stereocenters. The number of methoxy groups -OCH3 is 1. The van der Waals surface area contributed by atoms with E-state index in [1.807, 2.05) is 6.92 Å². The number of ether oxygens (including phenoxy) is 2. The summed E-state index contributed by atoms with van der Waals surface area (Å²) in [6, 6.07) is 0. The fourth-order valence-corrected chi connectivity index (χ4v) is 1.39. The zero-order chi connectivity index (χ0) is 9.94. The highest BCUT2D eigenvalue weighted by Crippen LogP contribution is 2.10. The van der Waals surface area contributed by atoms with Crippen LogP contribution in [0, 0.1) is 6.92 Å². The SMILES string of the molecule is [CH2]CCC(CCCCOC)OCC. The summed E-state index contributed by atoms with van der Waals surface area (Å²) in [7, 11) is 1.75. The number of unbranched alkanes of at least 4 members (excludes halogenated alkanes) is 1. The van der Waals surface area contributed by atoms with Gasteiger partial charge in [-0.2, -0.15) is 0 Å². The van der Waals surface area contributed by atoms with E-state index in [9.17, 15) is 0 Å². The van der Waals surface area contributed by atoms with Crippen LogP contribution in [0.25, 0.3) is 0 Å². The first kappa shape index (κ1) is 12.9. The van der Waals surface area contributed by atoms with Crippen LogP contribution in [0.2, 0.25) is 0 Å². The molecule has 0 saturated carbocycles. The highest BCUT2D eigenvalue weighted by atomic mass is 16.5. The average Bonchev–Trinajstić information content (AvgIpc) is 2.13. The van der Waals surface area contributed by atoms with Gasteiger partial charge in [-0.1, -0.05) is 13.3 Å². The molecule has 0 bridgehead atoms. The molecule has 0 rings (SSSR count). The van der Waals surface area contributed by atoms with Crippen molar-refractivity contribution in [3.63, 3.8) is 0 Å². The molecule has 0 aromatic rings. The first-order valence-electron chi connectivity index (χ1n) is 5.24. The maximum atomic E-state index is 5.58. The molecule has 0 N–H and O–H groups in total. The van der Waals surface area contributed by atoms with Gasteiger partial charge in [0.05, 0.1) is 6.10 Å². The van der Waals surface area contributed by atoms with Crippen molar-refractivity contribution in [2.24, 2.45) is 0 Å². The molecule has 79 valence electrons. The van der Waals surface area contributed by atoms with E-state index in [1.54, 1.807) is 7.11 Å². The van der Waals surface area contributed by atoms with Gasteiger partial charge in [-0.15, -0.1) is 0 Å². The van der Waals surface area contributed by atoms with Crippen LogP contribution in [0.15, 0.2) is 0 Å². The maximum Gasteiger partial charge on any atom is 0.0575 e. The lowest BCUT2D eigenvalue weighted by Gasteiger charge is -2.15. The summed E-state index contributed by atoms with van der Waals surface area (Å²) in [4.78, 5) is 0. The minimum Gasteiger partial charge on any atom is -0.385 e. The third kappa shape index (κ3) is 8.26. The normalized spacial score (nSPS) is 13.2. The summed E-state index contributed by atoms with van der Waals surface area (Å²) in [6.45, 7) is 7.57. The Hall–Kier alpha value is -0.0800. The van der Waals surface area contributed by atoms with Crippen LogP contribution in [0.4, 0.5) is 0 Å². The Bertz CT molecular complexity index is 88.1. The van der Waals surface area contributed by atoms with Gasteiger partial charge in [-0.25, -0.2) is 0 Å². The van der Waals surface area contributed by atoms with Gasteiger partial charge in [0.25, 0.3) is 0 Å². The lowest BCUT2D eigenvalue weighted by Crippen LogP contribution is -2.12. The fourth-order valence-electron chi connectivity index (χ4n) is 1.39. The maximum absolute atomic E-state index is 5.58. The second-order valence-electron chi connectivity index (χ2n) is 3.21. The molecule has 0 amide bonds. The lowest BCUT2D eigenvalue weighted by molar-refractivity contribution is 0.0480. The van der Waals surface area contributed by atoms with Gasteiger partial charge in [0.15, 0.2) is 0 Å². The van der Waals surface area contributed by atoms with Gasteiger partial charge in [0.1, 0.15) is 0 Å². The van der Waals surface area contributed by atoms with Gasteiger partial charge in [0.2, 0.25) is 0 Å². The van der Waals surface area contributed by atoms with Crippen LogP contribution in [0.5, 0.6) is 0 Å². The highest BCUT2D eigenvalue weighted by Gasteiger charge is 2.05. The van der Waals surface area contributed by atoms with Gasteiger partial charge in [0, 0.05) is 20.3 Å². The third-order valence-electron chi connectivity index (χ3n) is 2.05. The first-order valence-corrected chi connectivity index (χ1v) is 5.24. The molecule has 0 aromatic heterocycles. The zero-order valence-electron chi connectivity index (χ0n) is 9.05. The van der Waals surface area contributed by atoms with Crippen molar-refractivity contribution >= 4 is 0 Å². The standard InChI is InChI=1S/C11H23O2/c1-4-8-11(13-5-2)9-6-7-10-12-3/h11H,1,4-10H2,2-3H3. The number of hydrogen-bond donors (Lipinski definition) is 0. The van der Waals surface area contributed by atoms with E-state index < -0.39 is 0 Å². The molecule has 0 heterocycles. The van der Waals surface area contributed by atoms with Crippen LogP contribution < -0.4 is 0 Å². The molecule has 0 fully saturated rings. The van der Waals surface area contributed by atoms with E-state index in [0.717, 1.165) is 38.9 Å². The van der Waals surface area contributed by atoms with Crippen LogP contribution in [-0.4, -0.2) is 26.4 Å². The molecule has 1 unspecified atom stereocenters. The summed E-state index contributed by atoms with van der Waals surface area (Å²) in [5.74, 6) is 0. The van der Waals surface area contributed by atoms with E-state index in [-0.39, 0.29) is 0 Å². The van der Waals surface area contributed by atoms with E-state index >= 15 is 0 Å². The van der Waals surface area contributed by atoms with Crippen molar-refractivity contribution in [2.75, 3.05) is 20.3 Å². The van der Waals surface area contributed by atoms with E-state index in [4.69, 9.17) is 9.47 Å². The zero-order valence-corrected chi connectivity index (χ0v) is 9.05. The second-order valence-corrected chi connectivity index (χ2v) is 3.21. The fraction of sp³-hybridized carbons (Fsp3) is 0.909. The largest absolute Gasteiger partial charge is 0.385 e. The molecule has 0 aliphatic rings. The molecule has 0 spiro atoms.